The van der Waals surface area contributed by atoms with Crippen molar-refractivity contribution >= 4 is 17.9 Å². The molecule has 1 atom stereocenters. The number of urea groups is 1. The fraction of sp³-hybridized carbons (Fsp3) is 0.750. The van der Waals surface area contributed by atoms with E-state index in [0.29, 0.717) is 19.4 Å². The second-order valence-electron chi connectivity index (χ2n) is 5.53. The lowest BCUT2D eigenvalue weighted by atomic mass is 9.93. The molecule has 0 aromatic carbocycles. The highest BCUT2D eigenvalue weighted by atomic mass is 16.4. The molecule has 0 radical (unpaired) electrons. The zero-order chi connectivity index (χ0) is 14.6. The van der Waals surface area contributed by atoms with Crippen molar-refractivity contribution in [1.29, 1.82) is 0 Å². The van der Waals surface area contributed by atoms with E-state index in [2.05, 4.69) is 5.32 Å². The lowest BCUT2D eigenvalue weighted by Crippen LogP contribution is -2.50. The number of carbonyl (C=O) groups excluding carboxylic acids is 2. The number of rotatable bonds is 4. The first kappa shape index (κ1) is 15.3. The van der Waals surface area contributed by atoms with Gasteiger partial charge in [-0.1, -0.05) is 0 Å². The van der Waals surface area contributed by atoms with E-state index in [4.69, 9.17) is 10.8 Å². The average Bonchev–Trinajstić information content (AvgIpc) is 2.36. The van der Waals surface area contributed by atoms with E-state index in [1.807, 2.05) is 0 Å². The summed E-state index contributed by atoms with van der Waals surface area (Å²) in [7, 11) is 0. The lowest BCUT2D eigenvalue weighted by Gasteiger charge is -2.31. The maximum absolute atomic E-state index is 11.9. The fourth-order valence-corrected chi connectivity index (χ4v) is 1.86. The van der Waals surface area contributed by atoms with Gasteiger partial charge < -0.3 is 21.1 Å². The third-order valence-corrected chi connectivity index (χ3v) is 3.41. The van der Waals surface area contributed by atoms with Gasteiger partial charge in [-0.2, -0.15) is 0 Å². The van der Waals surface area contributed by atoms with Crippen LogP contribution < -0.4 is 11.1 Å². The number of hydrogen-bond acceptors (Lipinski definition) is 3. The van der Waals surface area contributed by atoms with Crippen molar-refractivity contribution in [3.05, 3.63) is 0 Å². The standard InChI is InChI=1S/C12H21N3O4/c1-12(2,10(13)18)7-14-11(19)15-5-3-4-8(6-15)9(16)17/h8H,3-7H2,1-2H3,(H2,13,18)(H,14,19)(H,16,17)/t8-/m0/s1. The van der Waals surface area contributed by atoms with Crippen LogP contribution in [0.15, 0.2) is 0 Å². The highest BCUT2D eigenvalue weighted by molar-refractivity contribution is 5.82. The molecule has 108 valence electrons. The third kappa shape index (κ3) is 4.11. The molecule has 0 unspecified atom stereocenters. The molecule has 1 aliphatic rings. The predicted molar refractivity (Wildman–Crippen MR) is 68.3 cm³/mol. The van der Waals surface area contributed by atoms with E-state index in [-0.39, 0.29) is 19.1 Å². The summed E-state index contributed by atoms with van der Waals surface area (Å²) in [6.07, 6.45) is 1.26. The quantitative estimate of drug-likeness (QED) is 0.668. The Morgan fingerprint density at radius 1 is 1.42 bits per heavy atom. The maximum atomic E-state index is 11.9. The molecule has 19 heavy (non-hydrogen) atoms. The predicted octanol–water partition coefficient (Wildman–Crippen LogP) is 0.00410. The average molecular weight is 271 g/mol. The zero-order valence-electron chi connectivity index (χ0n) is 11.3. The van der Waals surface area contributed by atoms with Gasteiger partial charge in [0.15, 0.2) is 0 Å². The number of nitrogens with two attached hydrogens (primary N) is 1. The summed E-state index contributed by atoms with van der Waals surface area (Å²) in [5.41, 5.74) is 4.39. The number of likely N-dealkylation sites (tertiary alicyclic amines) is 1. The molecule has 1 rings (SSSR count). The van der Waals surface area contributed by atoms with E-state index < -0.39 is 23.2 Å². The Kier molecular flexibility index (Phi) is 4.74. The van der Waals surface area contributed by atoms with Crippen LogP contribution in [0.25, 0.3) is 0 Å². The first-order valence-corrected chi connectivity index (χ1v) is 6.29. The number of aliphatic carboxylic acids is 1. The molecular weight excluding hydrogens is 250 g/mol. The topological polar surface area (TPSA) is 113 Å². The molecule has 1 fully saturated rings. The summed E-state index contributed by atoms with van der Waals surface area (Å²) in [5, 5.41) is 11.6. The molecule has 1 saturated heterocycles. The largest absolute Gasteiger partial charge is 0.481 e. The van der Waals surface area contributed by atoms with Crippen molar-refractivity contribution in [2.24, 2.45) is 17.1 Å². The highest BCUT2D eigenvalue weighted by Gasteiger charge is 2.30. The number of piperidine rings is 1. The van der Waals surface area contributed by atoms with Crippen molar-refractivity contribution in [3.63, 3.8) is 0 Å². The van der Waals surface area contributed by atoms with Crippen LogP contribution in [0.1, 0.15) is 26.7 Å². The molecule has 0 aliphatic carbocycles. The summed E-state index contributed by atoms with van der Waals surface area (Å²) in [5.74, 6) is -1.88. The maximum Gasteiger partial charge on any atom is 0.317 e. The van der Waals surface area contributed by atoms with Gasteiger partial charge in [0, 0.05) is 19.6 Å². The Hall–Kier alpha value is -1.79. The van der Waals surface area contributed by atoms with Crippen LogP contribution in [-0.2, 0) is 9.59 Å². The molecule has 0 bridgehead atoms. The highest BCUT2D eigenvalue weighted by Crippen LogP contribution is 2.17. The van der Waals surface area contributed by atoms with Crippen LogP contribution in [0.2, 0.25) is 0 Å². The number of nitrogens with zero attached hydrogens (tertiary/aromatic N) is 1. The second-order valence-corrected chi connectivity index (χ2v) is 5.53. The van der Waals surface area contributed by atoms with E-state index >= 15 is 0 Å². The van der Waals surface area contributed by atoms with Gasteiger partial charge >= 0.3 is 12.0 Å². The Balaban J connectivity index is 2.50. The molecule has 1 aliphatic heterocycles. The van der Waals surface area contributed by atoms with Crippen molar-refractivity contribution in [2.45, 2.75) is 26.7 Å². The first-order valence-electron chi connectivity index (χ1n) is 6.29. The van der Waals surface area contributed by atoms with Crippen LogP contribution in [0.3, 0.4) is 0 Å². The van der Waals surface area contributed by atoms with E-state index in [1.54, 1.807) is 13.8 Å². The number of carbonyl (C=O) groups is 3. The van der Waals surface area contributed by atoms with Gasteiger partial charge in [-0.3, -0.25) is 9.59 Å². The lowest BCUT2D eigenvalue weighted by molar-refractivity contribution is -0.143. The molecule has 0 aromatic heterocycles. The molecule has 0 spiro atoms. The Labute approximate surface area is 112 Å². The smallest absolute Gasteiger partial charge is 0.317 e. The minimum atomic E-state index is -0.880. The molecule has 7 nitrogen and oxygen atoms in total. The van der Waals surface area contributed by atoms with E-state index in [9.17, 15) is 14.4 Å². The van der Waals surface area contributed by atoms with Crippen LogP contribution in [0.5, 0.6) is 0 Å². The van der Waals surface area contributed by atoms with Gasteiger partial charge in [-0.15, -0.1) is 0 Å². The summed E-state index contributed by atoms with van der Waals surface area (Å²) in [6, 6.07) is -0.347. The van der Waals surface area contributed by atoms with Gasteiger partial charge in [-0.05, 0) is 26.7 Å². The Morgan fingerprint density at radius 2 is 2.05 bits per heavy atom. The molecule has 0 saturated carbocycles. The molecule has 1 heterocycles. The number of carboxylic acids is 1. The minimum Gasteiger partial charge on any atom is -0.481 e. The van der Waals surface area contributed by atoms with Crippen LogP contribution in [0.4, 0.5) is 4.79 Å². The van der Waals surface area contributed by atoms with Gasteiger partial charge in [0.1, 0.15) is 0 Å². The number of carboxylic acid groups (broad SMARTS) is 1. The number of nitrogens with one attached hydrogen (secondary N) is 1. The van der Waals surface area contributed by atoms with Crippen molar-refractivity contribution < 1.29 is 19.5 Å². The first-order chi connectivity index (χ1) is 8.74. The second kappa shape index (κ2) is 5.90. The fourth-order valence-electron chi connectivity index (χ4n) is 1.86. The van der Waals surface area contributed by atoms with Gasteiger partial charge in [0.05, 0.1) is 11.3 Å². The molecule has 0 aromatic rings. The van der Waals surface area contributed by atoms with Crippen LogP contribution in [-0.4, -0.2) is 47.5 Å². The Morgan fingerprint density at radius 3 is 2.58 bits per heavy atom. The van der Waals surface area contributed by atoms with E-state index in [0.717, 1.165) is 0 Å². The molecule has 4 N–H and O–H groups in total. The number of hydrogen-bond donors (Lipinski definition) is 3. The van der Waals surface area contributed by atoms with Gasteiger partial charge in [-0.25, -0.2) is 4.79 Å². The Bertz CT molecular complexity index is 381. The van der Waals surface area contributed by atoms with E-state index in [1.165, 1.54) is 4.90 Å². The molecule has 7 heteroatoms. The monoisotopic (exact) mass is 271 g/mol. The summed E-state index contributed by atoms with van der Waals surface area (Å²) in [6.45, 7) is 4.16. The van der Waals surface area contributed by atoms with Crippen molar-refractivity contribution in [2.75, 3.05) is 19.6 Å². The normalized spacial score (nSPS) is 19.9. The van der Waals surface area contributed by atoms with Gasteiger partial charge in [0.25, 0.3) is 0 Å². The van der Waals surface area contributed by atoms with Crippen molar-refractivity contribution in [1.82, 2.24) is 10.2 Å². The molecular formula is C12H21N3O4. The van der Waals surface area contributed by atoms with Crippen LogP contribution in [0, 0.1) is 11.3 Å². The number of primary amides is 1. The van der Waals surface area contributed by atoms with Crippen molar-refractivity contribution in [3.8, 4) is 0 Å². The SMILES string of the molecule is CC(C)(CNC(=O)N1CCC[C@H](C(=O)O)C1)C(N)=O. The van der Waals surface area contributed by atoms with Gasteiger partial charge in [0.2, 0.25) is 5.91 Å². The minimum absolute atomic E-state index is 0.134. The summed E-state index contributed by atoms with van der Waals surface area (Å²) < 4.78 is 0. The zero-order valence-corrected chi connectivity index (χ0v) is 11.3. The van der Waals surface area contributed by atoms with Crippen LogP contribution >= 0.6 is 0 Å². The third-order valence-electron chi connectivity index (χ3n) is 3.41. The number of amides is 3. The molecule has 3 amide bonds. The summed E-state index contributed by atoms with van der Waals surface area (Å²) >= 11 is 0. The summed E-state index contributed by atoms with van der Waals surface area (Å²) in [4.78, 5) is 35.4.